The number of ketones is 1. The SMILES string of the molecule is O=C(Cc1ccc(F)cc1)CN1CCC2(CCCC2)CC1. The van der Waals surface area contributed by atoms with Crippen molar-refractivity contribution in [2.24, 2.45) is 5.41 Å². The van der Waals surface area contributed by atoms with Crippen molar-refractivity contribution in [3.05, 3.63) is 35.6 Å². The summed E-state index contributed by atoms with van der Waals surface area (Å²) in [6.07, 6.45) is 8.51. The van der Waals surface area contributed by atoms with Crippen molar-refractivity contribution in [3.8, 4) is 0 Å². The normalized spacial score (nSPS) is 21.8. The van der Waals surface area contributed by atoms with E-state index in [0.717, 1.165) is 18.7 Å². The molecule has 0 N–H and O–H groups in total. The fourth-order valence-corrected chi connectivity index (χ4v) is 3.95. The number of carbonyl (C=O) groups is 1. The average molecular weight is 289 g/mol. The molecule has 0 amide bonds. The summed E-state index contributed by atoms with van der Waals surface area (Å²) in [5.74, 6) is -0.00642. The molecule has 0 unspecified atom stereocenters. The smallest absolute Gasteiger partial charge is 0.151 e. The summed E-state index contributed by atoms with van der Waals surface area (Å²) >= 11 is 0. The summed E-state index contributed by atoms with van der Waals surface area (Å²) in [5.41, 5.74) is 1.52. The number of hydrogen-bond acceptors (Lipinski definition) is 2. The van der Waals surface area contributed by atoms with Gasteiger partial charge in [-0.15, -0.1) is 0 Å². The largest absolute Gasteiger partial charge is 0.298 e. The van der Waals surface area contributed by atoms with Crippen molar-refractivity contribution < 1.29 is 9.18 Å². The van der Waals surface area contributed by atoms with Crippen LogP contribution in [-0.2, 0) is 11.2 Å². The van der Waals surface area contributed by atoms with Crippen molar-refractivity contribution in [1.29, 1.82) is 0 Å². The monoisotopic (exact) mass is 289 g/mol. The zero-order chi connectivity index (χ0) is 14.7. The molecule has 0 atom stereocenters. The maximum Gasteiger partial charge on any atom is 0.151 e. The van der Waals surface area contributed by atoms with E-state index in [4.69, 9.17) is 0 Å². The first kappa shape index (κ1) is 14.7. The minimum Gasteiger partial charge on any atom is -0.298 e. The van der Waals surface area contributed by atoms with E-state index in [2.05, 4.69) is 4.90 Å². The fraction of sp³-hybridized carbons (Fsp3) is 0.611. The molecule has 1 saturated carbocycles. The van der Waals surface area contributed by atoms with E-state index in [9.17, 15) is 9.18 Å². The van der Waals surface area contributed by atoms with Crippen LogP contribution in [0, 0.1) is 11.2 Å². The Labute approximate surface area is 126 Å². The Bertz CT molecular complexity index is 480. The molecule has 1 aliphatic carbocycles. The number of Topliss-reactive ketones (excluding diaryl/α,β-unsaturated/α-hetero) is 1. The van der Waals surface area contributed by atoms with Gasteiger partial charge >= 0.3 is 0 Å². The molecule has 3 rings (SSSR count). The van der Waals surface area contributed by atoms with E-state index >= 15 is 0 Å². The minimum absolute atomic E-state index is 0.240. The highest BCUT2D eigenvalue weighted by Crippen LogP contribution is 2.45. The standard InChI is InChI=1S/C18H24FNO/c19-16-5-3-15(4-6-16)13-17(21)14-20-11-9-18(10-12-20)7-1-2-8-18/h3-6H,1-2,7-14H2. The first-order valence-corrected chi connectivity index (χ1v) is 8.14. The Kier molecular flexibility index (Phi) is 4.39. The topological polar surface area (TPSA) is 20.3 Å². The van der Waals surface area contributed by atoms with Gasteiger partial charge < -0.3 is 0 Å². The Morgan fingerprint density at radius 1 is 1.05 bits per heavy atom. The molecule has 1 heterocycles. The van der Waals surface area contributed by atoms with Crippen molar-refractivity contribution in [2.75, 3.05) is 19.6 Å². The molecule has 1 aromatic rings. The number of piperidine rings is 1. The first-order chi connectivity index (χ1) is 10.2. The van der Waals surface area contributed by atoms with Gasteiger partial charge in [0.15, 0.2) is 5.78 Å². The van der Waals surface area contributed by atoms with E-state index in [0.29, 0.717) is 18.4 Å². The molecule has 1 aromatic carbocycles. The number of hydrogen-bond donors (Lipinski definition) is 0. The number of likely N-dealkylation sites (tertiary alicyclic amines) is 1. The lowest BCUT2D eigenvalue weighted by molar-refractivity contribution is -0.120. The van der Waals surface area contributed by atoms with Crippen molar-refractivity contribution in [3.63, 3.8) is 0 Å². The van der Waals surface area contributed by atoms with Gasteiger partial charge in [-0.2, -0.15) is 0 Å². The highest BCUT2D eigenvalue weighted by atomic mass is 19.1. The van der Waals surface area contributed by atoms with Crippen LogP contribution in [0.3, 0.4) is 0 Å². The second-order valence-corrected chi connectivity index (χ2v) is 6.83. The molecule has 1 spiro atoms. The van der Waals surface area contributed by atoms with E-state index in [1.807, 2.05) is 0 Å². The fourth-order valence-electron chi connectivity index (χ4n) is 3.95. The molecule has 0 bridgehead atoms. The van der Waals surface area contributed by atoms with Crippen LogP contribution in [-0.4, -0.2) is 30.3 Å². The van der Waals surface area contributed by atoms with E-state index in [1.165, 1.54) is 50.7 Å². The summed E-state index contributed by atoms with van der Waals surface area (Å²) in [6, 6.07) is 6.26. The van der Waals surface area contributed by atoms with Gasteiger partial charge in [-0.1, -0.05) is 25.0 Å². The molecule has 0 radical (unpaired) electrons. The van der Waals surface area contributed by atoms with Crippen LogP contribution in [0.1, 0.15) is 44.1 Å². The Balaban J connectivity index is 1.46. The molecular formula is C18H24FNO. The summed E-state index contributed by atoms with van der Waals surface area (Å²) in [4.78, 5) is 14.4. The third kappa shape index (κ3) is 3.70. The van der Waals surface area contributed by atoms with Crippen LogP contribution in [0.15, 0.2) is 24.3 Å². The summed E-state index contributed by atoms with van der Waals surface area (Å²) in [6.45, 7) is 2.68. The predicted molar refractivity (Wildman–Crippen MR) is 81.7 cm³/mol. The van der Waals surface area contributed by atoms with E-state index < -0.39 is 0 Å². The van der Waals surface area contributed by atoms with Crippen LogP contribution in [0.2, 0.25) is 0 Å². The maximum absolute atomic E-state index is 12.8. The quantitative estimate of drug-likeness (QED) is 0.844. The molecule has 21 heavy (non-hydrogen) atoms. The summed E-state index contributed by atoms with van der Waals surface area (Å²) in [7, 11) is 0. The van der Waals surface area contributed by atoms with Gasteiger partial charge in [0.25, 0.3) is 0 Å². The number of halogens is 1. The lowest BCUT2D eigenvalue weighted by Crippen LogP contribution is -2.41. The van der Waals surface area contributed by atoms with Crippen LogP contribution in [0.4, 0.5) is 4.39 Å². The van der Waals surface area contributed by atoms with Crippen molar-refractivity contribution in [2.45, 2.75) is 44.9 Å². The zero-order valence-electron chi connectivity index (χ0n) is 12.6. The Morgan fingerprint density at radius 2 is 1.67 bits per heavy atom. The molecule has 2 fully saturated rings. The van der Waals surface area contributed by atoms with Crippen LogP contribution in [0.25, 0.3) is 0 Å². The molecule has 1 saturated heterocycles. The van der Waals surface area contributed by atoms with Crippen molar-refractivity contribution in [1.82, 2.24) is 4.90 Å². The number of benzene rings is 1. The molecule has 0 aromatic heterocycles. The molecule has 3 heteroatoms. The molecule has 2 aliphatic rings. The lowest BCUT2D eigenvalue weighted by atomic mass is 9.77. The Morgan fingerprint density at radius 3 is 2.29 bits per heavy atom. The van der Waals surface area contributed by atoms with E-state index in [1.54, 1.807) is 12.1 Å². The van der Waals surface area contributed by atoms with Gasteiger partial charge in [0.05, 0.1) is 6.54 Å². The predicted octanol–water partition coefficient (Wildman–Crippen LogP) is 3.59. The van der Waals surface area contributed by atoms with Gasteiger partial charge in [0.1, 0.15) is 5.82 Å². The molecule has 1 aliphatic heterocycles. The maximum atomic E-state index is 12.8. The van der Waals surface area contributed by atoms with Gasteiger partial charge in [-0.05, 0) is 61.9 Å². The minimum atomic E-state index is -0.246. The lowest BCUT2D eigenvalue weighted by Gasteiger charge is -2.39. The zero-order valence-corrected chi connectivity index (χ0v) is 12.6. The van der Waals surface area contributed by atoms with Gasteiger partial charge in [0, 0.05) is 6.42 Å². The molecule has 114 valence electrons. The third-order valence-electron chi connectivity index (χ3n) is 5.30. The van der Waals surface area contributed by atoms with E-state index in [-0.39, 0.29) is 11.6 Å². The Hall–Kier alpha value is -1.22. The van der Waals surface area contributed by atoms with Crippen molar-refractivity contribution >= 4 is 5.78 Å². The van der Waals surface area contributed by atoms with Gasteiger partial charge in [-0.3, -0.25) is 9.69 Å². The number of rotatable bonds is 4. The average Bonchev–Trinajstić information content (AvgIpc) is 2.93. The van der Waals surface area contributed by atoms with Gasteiger partial charge in [0.2, 0.25) is 0 Å². The summed E-state index contributed by atoms with van der Waals surface area (Å²) in [5, 5.41) is 0. The van der Waals surface area contributed by atoms with Gasteiger partial charge in [-0.25, -0.2) is 4.39 Å². The van der Waals surface area contributed by atoms with Crippen LogP contribution in [0.5, 0.6) is 0 Å². The molecule has 2 nitrogen and oxygen atoms in total. The second-order valence-electron chi connectivity index (χ2n) is 6.83. The summed E-state index contributed by atoms with van der Waals surface area (Å²) < 4.78 is 12.8. The first-order valence-electron chi connectivity index (χ1n) is 8.14. The second kappa shape index (κ2) is 6.27. The van der Waals surface area contributed by atoms with Crippen LogP contribution < -0.4 is 0 Å². The number of carbonyl (C=O) groups excluding carboxylic acids is 1. The molecular weight excluding hydrogens is 265 g/mol. The number of nitrogens with zero attached hydrogens (tertiary/aromatic N) is 1. The third-order valence-corrected chi connectivity index (χ3v) is 5.30. The highest BCUT2D eigenvalue weighted by Gasteiger charge is 2.36. The van der Waals surface area contributed by atoms with Crippen LogP contribution >= 0.6 is 0 Å². The highest BCUT2D eigenvalue weighted by molar-refractivity contribution is 5.82.